The van der Waals surface area contributed by atoms with Crippen LogP contribution in [0.2, 0.25) is 0 Å². The van der Waals surface area contributed by atoms with Gasteiger partial charge in [-0.2, -0.15) is 0 Å². The third-order valence-electron chi connectivity index (χ3n) is 3.69. The highest BCUT2D eigenvalue weighted by Crippen LogP contribution is 2.31. The van der Waals surface area contributed by atoms with Gasteiger partial charge in [0.25, 0.3) is 0 Å². The van der Waals surface area contributed by atoms with E-state index >= 15 is 0 Å². The van der Waals surface area contributed by atoms with Crippen molar-refractivity contribution in [3.05, 3.63) is 58.9 Å². The number of aromatic nitrogens is 3. The lowest BCUT2D eigenvalue weighted by atomic mass is 10.1. The summed E-state index contributed by atoms with van der Waals surface area (Å²) in [7, 11) is 0. The van der Waals surface area contributed by atoms with Crippen LogP contribution in [0.1, 0.15) is 23.7 Å². The molecule has 0 N–H and O–H groups in total. The first kappa shape index (κ1) is 17.6. The average Bonchev–Trinajstić information content (AvgIpc) is 3.05. The van der Waals surface area contributed by atoms with E-state index in [9.17, 15) is 4.79 Å². The highest BCUT2D eigenvalue weighted by molar-refractivity contribution is 7.98. The number of benzene rings is 1. The average molecular weight is 371 g/mol. The predicted molar refractivity (Wildman–Crippen MR) is 102 cm³/mol. The molecule has 2 heterocycles. The minimum Gasteiger partial charge on any atom is -0.274 e. The number of hydrogen-bond donors (Lipinski definition) is 0. The summed E-state index contributed by atoms with van der Waals surface area (Å²) < 4.78 is 0. The highest BCUT2D eigenvalue weighted by atomic mass is 32.2. The fourth-order valence-electron chi connectivity index (χ4n) is 2.26. The lowest BCUT2D eigenvalue weighted by molar-refractivity contribution is -0.115. The molecule has 0 radical (unpaired) electrons. The molecule has 0 aliphatic heterocycles. The van der Waals surface area contributed by atoms with Crippen LogP contribution in [0.25, 0.3) is 0 Å². The number of thioether (sulfide) groups is 1. The van der Waals surface area contributed by atoms with Crippen molar-refractivity contribution < 1.29 is 4.79 Å². The monoisotopic (exact) mass is 370 g/mol. The molecule has 25 heavy (non-hydrogen) atoms. The van der Waals surface area contributed by atoms with E-state index in [1.165, 1.54) is 28.7 Å². The van der Waals surface area contributed by atoms with E-state index in [0.29, 0.717) is 10.9 Å². The van der Waals surface area contributed by atoms with Gasteiger partial charge in [0.1, 0.15) is 0 Å². The minimum absolute atomic E-state index is 0.0526. The third kappa shape index (κ3) is 4.24. The van der Waals surface area contributed by atoms with Gasteiger partial charge in [-0.25, -0.2) is 15.0 Å². The standard InChI is InChI=1S/C18H18N4OS2/c1-12-5-6-16(9-13(12)2)22(14(3)23)18-21-15(11-25-18)10-24-17-19-7-4-8-20-17/h4-9,11H,10H2,1-3H3. The molecular formula is C18H18N4OS2. The highest BCUT2D eigenvalue weighted by Gasteiger charge is 2.18. The van der Waals surface area contributed by atoms with Gasteiger partial charge < -0.3 is 0 Å². The first-order chi connectivity index (χ1) is 12.0. The van der Waals surface area contributed by atoms with E-state index < -0.39 is 0 Å². The number of carbonyl (C=O) groups excluding carboxylic acids is 1. The van der Waals surface area contributed by atoms with Crippen molar-refractivity contribution in [2.24, 2.45) is 0 Å². The van der Waals surface area contributed by atoms with Crippen LogP contribution >= 0.6 is 23.1 Å². The quantitative estimate of drug-likeness (QED) is 0.488. The number of thiazole rings is 1. The molecule has 0 unspecified atom stereocenters. The molecule has 3 aromatic rings. The van der Waals surface area contributed by atoms with Crippen LogP contribution < -0.4 is 4.90 Å². The van der Waals surface area contributed by atoms with Gasteiger partial charge in [-0.1, -0.05) is 17.8 Å². The third-order valence-corrected chi connectivity index (χ3v) is 5.47. The van der Waals surface area contributed by atoms with Gasteiger partial charge in [-0.3, -0.25) is 9.69 Å². The molecule has 0 saturated carbocycles. The lowest BCUT2D eigenvalue weighted by Gasteiger charge is -2.19. The van der Waals surface area contributed by atoms with Crippen LogP contribution in [0.15, 0.2) is 47.2 Å². The van der Waals surface area contributed by atoms with Crippen molar-refractivity contribution in [2.45, 2.75) is 31.7 Å². The summed E-state index contributed by atoms with van der Waals surface area (Å²) in [6, 6.07) is 7.79. The zero-order valence-electron chi connectivity index (χ0n) is 14.3. The normalized spacial score (nSPS) is 10.7. The van der Waals surface area contributed by atoms with Gasteiger partial charge in [0.05, 0.1) is 11.4 Å². The molecule has 2 aromatic heterocycles. The van der Waals surface area contributed by atoms with E-state index in [1.807, 2.05) is 30.5 Å². The van der Waals surface area contributed by atoms with Crippen LogP contribution in [0.5, 0.6) is 0 Å². The first-order valence-electron chi connectivity index (χ1n) is 7.77. The van der Waals surface area contributed by atoms with Gasteiger partial charge in [-0.05, 0) is 43.2 Å². The molecule has 0 aliphatic rings. The first-order valence-corrected chi connectivity index (χ1v) is 9.63. The smallest absolute Gasteiger partial charge is 0.230 e. The number of carbonyl (C=O) groups is 1. The van der Waals surface area contributed by atoms with Crippen LogP contribution in [-0.2, 0) is 10.5 Å². The largest absolute Gasteiger partial charge is 0.274 e. The molecule has 128 valence electrons. The number of nitrogens with zero attached hydrogens (tertiary/aromatic N) is 4. The van der Waals surface area contributed by atoms with Gasteiger partial charge >= 0.3 is 0 Å². The van der Waals surface area contributed by atoms with Gasteiger partial charge in [0, 0.05) is 30.5 Å². The summed E-state index contributed by atoms with van der Waals surface area (Å²) in [5.74, 6) is 0.613. The van der Waals surface area contributed by atoms with Crippen molar-refractivity contribution in [3.63, 3.8) is 0 Å². The number of hydrogen-bond acceptors (Lipinski definition) is 6. The summed E-state index contributed by atoms with van der Waals surface area (Å²) in [5, 5.41) is 3.37. The Labute approximate surface area is 155 Å². The molecule has 5 nitrogen and oxygen atoms in total. The van der Waals surface area contributed by atoms with E-state index in [-0.39, 0.29) is 5.91 Å². The summed E-state index contributed by atoms with van der Waals surface area (Å²) in [5.41, 5.74) is 4.10. The molecule has 1 amide bonds. The van der Waals surface area contributed by atoms with E-state index in [4.69, 9.17) is 0 Å². The Morgan fingerprint density at radius 2 is 1.96 bits per heavy atom. The Balaban J connectivity index is 1.80. The fourth-order valence-corrected chi connectivity index (χ4v) is 3.94. The van der Waals surface area contributed by atoms with Gasteiger partial charge in [0.15, 0.2) is 10.3 Å². The van der Waals surface area contributed by atoms with Crippen molar-refractivity contribution in [1.82, 2.24) is 15.0 Å². The fraction of sp³-hybridized carbons (Fsp3) is 0.222. The molecule has 3 rings (SSSR count). The van der Waals surface area contributed by atoms with Crippen molar-refractivity contribution >= 4 is 39.8 Å². The van der Waals surface area contributed by atoms with Crippen molar-refractivity contribution in [1.29, 1.82) is 0 Å². The molecule has 7 heteroatoms. The Morgan fingerprint density at radius 3 is 2.64 bits per heavy atom. The Kier molecular flexibility index (Phi) is 5.45. The second kappa shape index (κ2) is 7.76. The lowest BCUT2D eigenvalue weighted by Crippen LogP contribution is -2.22. The molecule has 0 fully saturated rings. The maximum atomic E-state index is 12.2. The molecular weight excluding hydrogens is 352 g/mol. The van der Waals surface area contributed by atoms with Crippen LogP contribution in [0, 0.1) is 13.8 Å². The summed E-state index contributed by atoms with van der Waals surface area (Å²) >= 11 is 2.99. The number of rotatable bonds is 5. The summed E-state index contributed by atoms with van der Waals surface area (Å²) in [4.78, 5) is 26.9. The van der Waals surface area contributed by atoms with E-state index in [2.05, 4.69) is 21.9 Å². The Morgan fingerprint density at radius 1 is 1.20 bits per heavy atom. The maximum Gasteiger partial charge on any atom is 0.230 e. The predicted octanol–water partition coefficient (Wildman–Crippen LogP) is 4.53. The molecule has 0 spiro atoms. The molecule has 0 saturated heterocycles. The van der Waals surface area contributed by atoms with Crippen LogP contribution in [0.4, 0.5) is 10.8 Å². The van der Waals surface area contributed by atoms with Gasteiger partial charge in [-0.15, -0.1) is 11.3 Å². The SMILES string of the molecule is CC(=O)N(c1ccc(C)c(C)c1)c1nc(CSc2ncccn2)cs1. The van der Waals surface area contributed by atoms with E-state index in [1.54, 1.807) is 30.3 Å². The maximum absolute atomic E-state index is 12.2. The Hall–Kier alpha value is -2.25. The second-order valence-electron chi connectivity index (χ2n) is 5.56. The number of amides is 1. The molecule has 1 aromatic carbocycles. The van der Waals surface area contributed by atoms with Gasteiger partial charge in [0.2, 0.25) is 5.91 Å². The second-order valence-corrected chi connectivity index (χ2v) is 7.34. The minimum atomic E-state index is -0.0526. The summed E-state index contributed by atoms with van der Waals surface area (Å²) in [6.07, 6.45) is 3.44. The van der Waals surface area contributed by atoms with E-state index in [0.717, 1.165) is 22.1 Å². The topological polar surface area (TPSA) is 59.0 Å². The zero-order valence-corrected chi connectivity index (χ0v) is 15.9. The number of anilines is 2. The number of aryl methyl sites for hydroxylation is 2. The molecule has 0 aliphatic carbocycles. The summed E-state index contributed by atoms with van der Waals surface area (Å²) in [6.45, 7) is 5.66. The van der Waals surface area contributed by atoms with Crippen LogP contribution in [-0.4, -0.2) is 20.9 Å². The van der Waals surface area contributed by atoms with Crippen molar-refractivity contribution in [3.8, 4) is 0 Å². The molecule has 0 atom stereocenters. The van der Waals surface area contributed by atoms with Crippen LogP contribution in [0.3, 0.4) is 0 Å². The zero-order chi connectivity index (χ0) is 17.8. The molecule has 0 bridgehead atoms. The Bertz CT molecular complexity index is 880. The van der Waals surface area contributed by atoms with Crippen molar-refractivity contribution in [2.75, 3.05) is 4.90 Å².